The molecule has 4 heteroatoms. The Labute approximate surface area is 75.0 Å². The minimum Gasteiger partial charge on any atom is -0.700 e. The zero-order valence-electron chi connectivity index (χ0n) is 4.91. The van der Waals surface area contributed by atoms with E-state index in [0.29, 0.717) is 5.02 Å². The Morgan fingerprint density at radius 3 is 2.10 bits per heavy atom. The number of nitrogens with one attached hydrogen (secondary N) is 2. The second-order valence-corrected chi connectivity index (χ2v) is 2.13. The summed E-state index contributed by atoms with van der Waals surface area (Å²) in [5, 5.41) is 0.510. The first kappa shape index (κ1) is 9.63. The molecule has 0 unspecified atom stereocenters. The molecule has 10 heavy (non-hydrogen) atoms. The van der Waals surface area contributed by atoms with Crippen LogP contribution in [0.1, 0.15) is 0 Å². The molecule has 0 aliphatic carbocycles. The van der Waals surface area contributed by atoms with Crippen molar-refractivity contribution in [2.45, 2.75) is 0 Å². The van der Waals surface area contributed by atoms with Crippen molar-refractivity contribution < 1.29 is 17.1 Å². The maximum atomic E-state index is 7.09. The molecule has 2 N–H and O–H groups in total. The SMILES string of the molecule is [Cu+2].[NH-]c1ccc(Cl)cc1[NH-]. The van der Waals surface area contributed by atoms with Crippen LogP contribution >= 0.6 is 11.6 Å². The minimum absolute atomic E-state index is 0. The van der Waals surface area contributed by atoms with Crippen molar-refractivity contribution in [3.8, 4) is 0 Å². The van der Waals surface area contributed by atoms with Gasteiger partial charge in [0.2, 0.25) is 0 Å². The Morgan fingerprint density at radius 1 is 1.10 bits per heavy atom. The topological polar surface area (TPSA) is 47.6 Å². The van der Waals surface area contributed by atoms with Crippen LogP contribution in [0, 0.1) is 0 Å². The fourth-order valence-corrected chi connectivity index (χ4v) is 0.689. The summed E-state index contributed by atoms with van der Waals surface area (Å²) in [7, 11) is 0. The summed E-state index contributed by atoms with van der Waals surface area (Å²) >= 11 is 5.51. The first-order valence-corrected chi connectivity index (χ1v) is 2.80. The third-order valence-electron chi connectivity index (χ3n) is 0.982. The summed E-state index contributed by atoms with van der Waals surface area (Å²) in [5.41, 5.74) is 14.5. The van der Waals surface area contributed by atoms with Gasteiger partial charge in [-0.3, -0.25) is 0 Å². The largest absolute Gasteiger partial charge is 2.00 e. The van der Waals surface area contributed by atoms with E-state index in [1.165, 1.54) is 12.1 Å². The summed E-state index contributed by atoms with van der Waals surface area (Å²) in [6.07, 6.45) is 0. The van der Waals surface area contributed by atoms with Crippen LogP contribution in [0.5, 0.6) is 0 Å². The van der Waals surface area contributed by atoms with Crippen LogP contribution in [0.3, 0.4) is 0 Å². The van der Waals surface area contributed by atoms with Gasteiger partial charge in [0.05, 0.1) is 0 Å². The second kappa shape index (κ2) is 3.71. The summed E-state index contributed by atoms with van der Waals surface area (Å²) in [6, 6.07) is 4.55. The number of hydrogen-bond donors (Lipinski definition) is 0. The van der Waals surface area contributed by atoms with E-state index in [0.717, 1.165) is 0 Å². The van der Waals surface area contributed by atoms with Gasteiger partial charge in [-0.25, -0.2) is 0 Å². The van der Waals surface area contributed by atoms with Crippen LogP contribution < -0.4 is 0 Å². The zero-order chi connectivity index (χ0) is 6.85. The molecule has 1 aromatic carbocycles. The van der Waals surface area contributed by atoms with Gasteiger partial charge in [0.15, 0.2) is 0 Å². The molecule has 0 aliphatic heterocycles. The van der Waals surface area contributed by atoms with E-state index >= 15 is 0 Å². The van der Waals surface area contributed by atoms with Gasteiger partial charge in [0, 0.05) is 5.02 Å². The van der Waals surface area contributed by atoms with E-state index in [4.69, 9.17) is 23.1 Å². The number of hydrogen-bond acceptors (Lipinski definition) is 0. The van der Waals surface area contributed by atoms with Crippen molar-refractivity contribution in [1.29, 1.82) is 0 Å². The molecule has 0 heterocycles. The molecule has 57 valence electrons. The third-order valence-corrected chi connectivity index (χ3v) is 1.22. The van der Waals surface area contributed by atoms with Gasteiger partial charge in [-0.2, -0.15) is 11.4 Å². The maximum Gasteiger partial charge on any atom is 2.00 e. The average molecular weight is 204 g/mol. The number of halogens is 1. The summed E-state index contributed by atoms with van der Waals surface area (Å²) in [5.74, 6) is 0. The fraction of sp³-hybridized carbons (Fsp3) is 0. The molecule has 1 radical (unpaired) electrons. The molecule has 0 atom stereocenters. The normalized spacial score (nSPS) is 8.50. The van der Waals surface area contributed by atoms with Crippen LogP contribution in [-0.4, -0.2) is 0 Å². The summed E-state index contributed by atoms with van der Waals surface area (Å²) < 4.78 is 0. The van der Waals surface area contributed by atoms with Gasteiger partial charge in [0.1, 0.15) is 0 Å². The van der Waals surface area contributed by atoms with Crippen LogP contribution in [-0.2, 0) is 17.1 Å². The van der Waals surface area contributed by atoms with E-state index in [1.54, 1.807) is 6.07 Å². The Balaban J connectivity index is 0.000000810. The molecule has 0 bridgehead atoms. The van der Waals surface area contributed by atoms with Crippen molar-refractivity contribution in [3.63, 3.8) is 0 Å². The van der Waals surface area contributed by atoms with Gasteiger partial charge in [-0.1, -0.05) is 23.7 Å². The predicted octanol–water partition coefficient (Wildman–Crippen LogP) is 3.70. The van der Waals surface area contributed by atoms with Gasteiger partial charge in [-0.15, -0.1) is 0 Å². The Kier molecular flexibility index (Phi) is 3.58. The Hall–Kier alpha value is -0.371. The van der Waals surface area contributed by atoms with E-state index in [1.807, 2.05) is 0 Å². The standard InChI is InChI=1S/C6H5ClN2.Cu/c7-4-1-2-5(8)6(9)3-4;/h1-3,8-9H;/q-2;+2. The third kappa shape index (κ3) is 2.10. The molecule has 2 nitrogen and oxygen atoms in total. The molecule has 0 amide bonds. The first-order valence-electron chi connectivity index (χ1n) is 2.43. The van der Waals surface area contributed by atoms with E-state index in [2.05, 4.69) is 0 Å². The first-order chi connectivity index (χ1) is 4.20. The summed E-state index contributed by atoms with van der Waals surface area (Å²) in [6.45, 7) is 0. The number of benzene rings is 1. The van der Waals surface area contributed by atoms with Crippen molar-refractivity contribution in [1.82, 2.24) is 0 Å². The minimum atomic E-state index is 0. The molecular weight excluding hydrogens is 199 g/mol. The smallest absolute Gasteiger partial charge is 0.700 e. The molecule has 0 aromatic heterocycles. The zero-order valence-corrected chi connectivity index (χ0v) is 6.61. The molecule has 1 aromatic rings. The van der Waals surface area contributed by atoms with Crippen LogP contribution in [0.4, 0.5) is 11.4 Å². The van der Waals surface area contributed by atoms with Crippen LogP contribution in [0.2, 0.25) is 5.02 Å². The van der Waals surface area contributed by atoms with E-state index in [9.17, 15) is 0 Å². The van der Waals surface area contributed by atoms with E-state index in [-0.39, 0.29) is 28.4 Å². The molecular formula is C6H5ClCuN2. The molecule has 0 spiro atoms. The fourth-order valence-electron chi connectivity index (χ4n) is 0.516. The Morgan fingerprint density at radius 2 is 1.70 bits per heavy atom. The van der Waals surface area contributed by atoms with Crippen molar-refractivity contribution in [2.24, 2.45) is 0 Å². The second-order valence-electron chi connectivity index (χ2n) is 1.69. The van der Waals surface area contributed by atoms with Gasteiger partial charge >= 0.3 is 17.1 Å². The predicted molar refractivity (Wildman–Crippen MR) is 39.4 cm³/mol. The van der Waals surface area contributed by atoms with E-state index < -0.39 is 0 Å². The van der Waals surface area contributed by atoms with Gasteiger partial charge in [0.25, 0.3) is 0 Å². The van der Waals surface area contributed by atoms with Crippen molar-refractivity contribution in [3.05, 3.63) is 34.7 Å². The van der Waals surface area contributed by atoms with Crippen LogP contribution in [0.25, 0.3) is 11.5 Å². The molecule has 0 saturated heterocycles. The molecule has 0 aliphatic rings. The van der Waals surface area contributed by atoms with Crippen LogP contribution in [0.15, 0.2) is 18.2 Å². The van der Waals surface area contributed by atoms with Gasteiger partial charge in [-0.05, 0) is 6.07 Å². The molecule has 0 fully saturated rings. The molecule has 1 rings (SSSR count). The molecule has 0 saturated carbocycles. The monoisotopic (exact) mass is 203 g/mol. The Bertz CT molecular complexity index is 227. The number of rotatable bonds is 0. The quantitative estimate of drug-likeness (QED) is 0.578. The summed E-state index contributed by atoms with van der Waals surface area (Å²) in [4.78, 5) is 0. The van der Waals surface area contributed by atoms with Crippen molar-refractivity contribution >= 4 is 23.0 Å². The van der Waals surface area contributed by atoms with Crippen molar-refractivity contribution in [2.75, 3.05) is 0 Å². The average Bonchev–Trinajstić information content (AvgIpc) is 1.80. The van der Waals surface area contributed by atoms with Gasteiger partial charge < -0.3 is 11.5 Å². The maximum absolute atomic E-state index is 7.09.